The molecule has 5 heteroatoms. The summed E-state index contributed by atoms with van der Waals surface area (Å²) < 4.78 is 4.66. The van der Waals surface area contributed by atoms with Crippen molar-refractivity contribution >= 4 is 5.97 Å². The summed E-state index contributed by atoms with van der Waals surface area (Å²) in [5, 5.41) is 21.5. The van der Waals surface area contributed by atoms with Crippen LogP contribution in [0.15, 0.2) is 24.3 Å². The quantitative estimate of drug-likeness (QED) is 0.617. The van der Waals surface area contributed by atoms with Gasteiger partial charge in [0, 0.05) is 6.54 Å². The number of benzene rings is 1. The molecule has 1 rings (SSSR count). The fourth-order valence-electron chi connectivity index (χ4n) is 1.60. The maximum Gasteiger partial charge on any atom is 0.309 e. The van der Waals surface area contributed by atoms with Crippen LogP contribution in [-0.2, 0) is 22.5 Å². The predicted molar refractivity (Wildman–Crippen MR) is 71.6 cm³/mol. The third-order valence-corrected chi connectivity index (χ3v) is 3.08. The van der Waals surface area contributed by atoms with Crippen LogP contribution in [0.4, 0.5) is 0 Å². The van der Waals surface area contributed by atoms with Crippen LogP contribution in [0.2, 0.25) is 0 Å². The minimum Gasteiger partial charge on any atom is -0.469 e. The first-order valence-corrected chi connectivity index (χ1v) is 6.15. The average Bonchev–Trinajstić information content (AvgIpc) is 2.45. The minimum absolute atomic E-state index is 0.164. The smallest absolute Gasteiger partial charge is 0.309 e. The van der Waals surface area contributed by atoms with Gasteiger partial charge in [-0.2, -0.15) is 0 Å². The van der Waals surface area contributed by atoms with E-state index in [2.05, 4.69) is 10.1 Å². The summed E-state index contributed by atoms with van der Waals surface area (Å²) in [6, 6.07) is 7.51. The summed E-state index contributed by atoms with van der Waals surface area (Å²) in [5.41, 5.74) is 1.08. The van der Waals surface area contributed by atoms with Crippen LogP contribution in [0.1, 0.15) is 18.1 Å². The lowest BCUT2D eigenvalue weighted by Gasteiger charge is -2.26. The van der Waals surface area contributed by atoms with Crippen molar-refractivity contribution in [3.63, 3.8) is 0 Å². The first kappa shape index (κ1) is 15.6. The van der Waals surface area contributed by atoms with Crippen LogP contribution in [-0.4, -0.2) is 42.0 Å². The van der Waals surface area contributed by atoms with Crippen LogP contribution in [0, 0.1) is 0 Å². The lowest BCUT2D eigenvalue weighted by Crippen LogP contribution is -2.48. The van der Waals surface area contributed by atoms with E-state index in [1.807, 2.05) is 24.3 Å². The molecule has 3 N–H and O–H groups in total. The number of aliphatic hydroxyl groups is 2. The second kappa shape index (κ2) is 7.23. The molecule has 1 aromatic carbocycles. The Labute approximate surface area is 113 Å². The van der Waals surface area contributed by atoms with Gasteiger partial charge < -0.3 is 20.3 Å². The highest BCUT2D eigenvalue weighted by molar-refractivity contribution is 5.72. The molecular formula is C14H21NO4. The fraction of sp³-hybridized carbons (Fsp3) is 0.500. The topological polar surface area (TPSA) is 78.8 Å². The zero-order valence-corrected chi connectivity index (χ0v) is 11.3. The monoisotopic (exact) mass is 267 g/mol. The highest BCUT2D eigenvalue weighted by Crippen LogP contribution is 2.12. The van der Waals surface area contributed by atoms with Crippen LogP contribution in [0.5, 0.6) is 0 Å². The molecular weight excluding hydrogens is 246 g/mol. The van der Waals surface area contributed by atoms with Crippen molar-refractivity contribution in [1.29, 1.82) is 0 Å². The number of hydrogen-bond acceptors (Lipinski definition) is 5. The van der Waals surface area contributed by atoms with Crippen molar-refractivity contribution < 1.29 is 19.7 Å². The second-order valence-corrected chi connectivity index (χ2v) is 4.75. The van der Waals surface area contributed by atoms with E-state index in [1.54, 1.807) is 6.92 Å². The second-order valence-electron chi connectivity index (χ2n) is 4.75. The Kier molecular flexibility index (Phi) is 5.95. The summed E-state index contributed by atoms with van der Waals surface area (Å²) >= 11 is 0. The first-order valence-electron chi connectivity index (χ1n) is 6.15. The number of hydrogen-bond donors (Lipinski definition) is 3. The maximum absolute atomic E-state index is 11.3. The van der Waals surface area contributed by atoms with Gasteiger partial charge in [0.25, 0.3) is 0 Å². The molecule has 0 aromatic heterocycles. The summed E-state index contributed by atoms with van der Waals surface area (Å²) in [5.74, 6) is -0.292. The molecule has 0 fully saturated rings. The number of methoxy groups -OCH3 is 1. The van der Waals surface area contributed by atoms with E-state index in [4.69, 9.17) is 0 Å². The number of nitrogens with one attached hydrogen (secondary N) is 1. The van der Waals surface area contributed by atoms with Crippen molar-refractivity contribution in [3.8, 4) is 0 Å². The molecule has 0 bridgehead atoms. The molecule has 1 aromatic rings. The van der Waals surface area contributed by atoms with Crippen LogP contribution in [0.3, 0.4) is 0 Å². The van der Waals surface area contributed by atoms with Crippen molar-refractivity contribution in [2.75, 3.05) is 20.3 Å². The molecule has 0 aliphatic rings. The number of carbonyl (C=O) groups is 1. The molecule has 0 atom stereocenters. The van der Waals surface area contributed by atoms with Gasteiger partial charge in [-0.3, -0.25) is 4.79 Å². The Morgan fingerprint density at radius 3 is 2.37 bits per heavy atom. The minimum atomic E-state index is -0.738. The van der Waals surface area contributed by atoms with Gasteiger partial charge in [-0.15, -0.1) is 0 Å². The Bertz CT molecular complexity index is 416. The summed E-state index contributed by atoms with van der Waals surface area (Å²) in [6.07, 6.45) is 0.212. The van der Waals surface area contributed by atoms with Gasteiger partial charge in [-0.05, 0) is 18.1 Å². The SMILES string of the molecule is COC(=O)Cc1ccccc1CNC(C)(CO)CO. The third-order valence-electron chi connectivity index (χ3n) is 3.08. The number of esters is 1. The highest BCUT2D eigenvalue weighted by atomic mass is 16.5. The zero-order chi connectivity index (χ0) is 14.3. The molecule has 0 heterocycles. The highest BCUT2D eigenvalue weighted by Gasteiger charge is 2.21. The summed E-state index contributed by atoms with van der Waals surface area (Å²) in [6.45, 7) is 1.87. The van der Waals surface area contributed by atoms with E-state index in [-0.39, 0.29) is 25.6 Å². The zero-order valence-electron chi connectivity index (χ0n) is 11.3. The number of aliphatic hydroxyl groups excluding tert-OH is 2. The first-order chi connectivity index (χ1) is 9.04. The summed E-state index contributed by atoms with van der Waals surface area (Å²) in [7, 11) is 1.36. The van der Waals surface area contributed by atoms with Crippen molar-refractivity contribution in [2.24, 2.45) is 0 Å². The molecule has 0 unspecified atom stereocenters. The van der Waals surface area contributed by atoms with Crippen molar-refractivity contribution in [3.05, 3.63) is 35.4 Å². The molecule has 0 radical (unpaired) electrons. The van der Waals surface area contributed by atoms with Crippen LogP contribution >= 0.6 is 0 Å². The Morgan fingerprint density at radius 2 is 1.84 bits per heavy atom. The maximum atomic E-state index is 11.3. The standard InChI is InChI=1S/C14H21NO4/c1-14(9-16,10-17)15-8-12-6-4-3-5-11(12)7-13(18)19-2/h3-6,15-17H,7-10H2,1-2H3. The molecule has 106 valence electrons. The van der Waals surface area contributed by atoms with E-state index in [1.165, 1.54) is 7.11 Å². The van der Waals surface area contributed by atoms with Gasteiger partial charge in [0.05, 0.1) is 32.3 Å². The molecule has 0 amide bonds. The molecule has 19 heavy (non-hydrogen) atoms. The van der Waals surface area contributed by atoms with E-state index in [0.29, 0.717) is 6.54 Å². The van der Waals surface area contributed by atoms with E-state index >= 15 is 0 Å². The molecule has 5 nitrogen and oxygen atoms in total. The Hall–Kier alpha value is -1.43. The largest absolute Gasteiger partial charge is 0.469 e. The lowest BCUT2D eigenvalue weighted by molar-refractivity contribution is -0.139. The van der Waals surface area contributed by atoms with Gasteiger partial charge in [0.1, 0.15) is 0 Å². The fourth-order valence-corrected chi connectivity index (χ4v) is 1.60. The molecule has 0 saturated carbocycles. The third kappa shape index (κ3) is 4.63. The molecule has 0 spiro atoms. The van der Waals surface area contributed by atoms with Crippen LogP contribution < -0.4 is 5.32 Å². The van der Waals surface area contributed by atoms with Gasteiger partial charge in [-0.25, -0.2) is 0 Å². The average molecular weight is 267 g/mol. The molecule has 0 aliphatic carbocycles. The Morgan fingerprint density at radius 1 is 1.26 bits per heavy atom. The molecule has 0 aliphatic heterocycles. The van der Waals surface area contributed by atoms with Gasteiger partial charge in [-0.1, -0.05) is 24.3 Å². The lowest BCUT2D eigenvalue weighted by atomic mass is 10.0. The summed E-state index contributed by atoms with van der Waals surface area (Å²) in [4.78, 5) is 11.3. The van der Waals surface area contributed by atoms with E-state index in [0.717, 1.165) is 11.1 Å². The number of ether oxygens (including phenoxy) is 1. The normalized spacial score (nSPS) is 11.4. The Balaban J connectivity index is 2.75. The van der Waals surface area contributed by atoms with E-state index < -0.39 is 5.54 Å². The van der Waals surface area contributed by atoms with Gasteiger partial charge in [0.15, 0.2) is 0 Å². The number of carbonyl (C=O) groups excluding carboxylic acids is 1. The number of rotatable bonds is 7. The van der Waals surface area contributed by atoms with Crippen molar-refractivity contribution in [1.82, 2.24) is 5.32 Å². The van der Waals surface area contributed by atoms with Crippen molar-refractivity contribution in [2.45, 2.75) is 25.4 Å². The van der Waals surface area contributed by atoms with E-state index in [9.17, 15) is 15.0 Å². The van der Waals surface area contributed by atoms with Gasteiger partial charge in [0.2, 0.25) is 0 Å². The van der Waals surface area contributed by atoms with Crippen LogP contribution in [0.25, 0.3) is 0 Å². The van der Waals surface area contributed by atoms with Gasteiger partial charge >= 0.3 is 5.97 Å². The predicted octanol–water partition coefficient (Wildman–Crippen LogP) is 0.235. The molecule has 0 saturated heterocycles.